The van der Waals surface area contributed by atoms with Crippen LogP contribution in [0.15, 0.2) is 0 Å². The average Bonchev–Trinajstić information content (AvgIpc) is 3.05. The van der Waals surface area contributed by atoms with Crippen molar-refractivity contribution in [2.75, 3.05) is 0 Å². The van der Waals surface area contributed by atoms with Crippen molar-refractivity contribution in [2.45, 2.75) is 119 Å². The summed E-state index contributed by atoms with van der Waals surface area (Å²) in [6.45, 7) is 18.6. The summed E-state index contributed by atoms with van der Waals surface area (Å²) in [5.74, 6) is 7.04. The third kappa shape index (κ3) is 2.62. The first kappa shape index (κ1) is 20.9. The molecule has 0 bridgehead atoms. The van der Waals surface area contributed by atoms with Crippen LogP contribution in [0.3, 0.4) is 0 Å². The summed E-state index contributed by atoms with van der Waals surface area (Å²) >= 11 is 0. The minimum absolute atomic E-state index is 0.569. The summed E-state index contributed by atoms with van der Waals surface area (Å²) in [6.07, 6.45) is 16.8. The van der Waals surface area contributed by atoms with Gasteiger partial charge in [0.2, 0.25) is 0 Å². The molecule has 5 unspecified atom stereocenters. The third-order valence-corrected chi connectivity index (χ3v) is 13.0. The smallest absolute Gasteiger partial charge is 0.0235 e. The van der Waals surface area contributed by atoms with Crippen LogP contribution in [0.2, 0.25) is 0 Å². The van der Waals surface area contributed by atoms with Gasteiger partial charge in [-0.25, -0.2) is 0 Å². The molecule has 0 nitrogen and oxygen atoms in total. The maximum Gasteiger partial charge on any atom is -0.0235 e. The Hall–Kier alpha value is 0. The van der Waals surface area contributed by atoms with E-state index in [0.717, 1.165) is 41.4 Å². The SMILES string of the molecule is CC(C)C1CCC2C3CCC4[C@@]5(C)CCCC(C)(C)C5CC[C@@]4(C)[C@]3(C)CC[C@@H]12. The van der Waals surface area contributed by atoms with Crippen LogP contribution in [0, 0.1) is 63.1 Å². The van der Waals surface area contributed by atoms with Crippen molar-refractivity contribution in [2.24, 2.45) is 63.1 Å². The molecule has 5 rings (SSSR count). The number of rotatable bonds is 1. The zero-order valence-electron chi connectivity index (χ0n) is 20.8. The quantitative estimate of drug-likeness (QED) is 0.414. The molecule has 0 saturated heterocycles. The van der Waals surface area contributed by atoms with Gasteiger partial charge in [0.1, 0.15) is 0 Å². The van der Waals surface area contributed by atoms with E-state index >= 15 is 0 Å². The van der Waals surface area contributed by atoms with Gasteiger partial charge in [-0.05, 0) is 127 Å². The molecule has 0 amide bonds. The molecule has 29 heavy (non-hydrogen) atoms. The van der Waals surface area contributed by atoms with Crippen LogP contribution in [0.1, 0.15) is 119 Å². The van der Waals surface area contributed by atoms with Gasteiger partial charge in [-0.3, -0.25) is 0 Å². The molecular weight excluding hydrogens is 348 g/mol. The Morgan fingerprint density at radius 2 is 1.34 bits per heavy atom. The molecule has 0 aromatic rings. The van der Waals surface area contributed by atoms with Crippen LogP contribution in [-0.4, -0.2) is 0 Å². The highest BCUT2D eigenvalue weighted by atomic mass is 14.7. The van der Waals surface area contributed by atoms with Crippen molar-refractivity contribution >= 4 is 0 Å². The van der Waals surface area contributed by atoms with Gasteiger partial charge in [-0.15, -0.1) is 0 Å². The molecule has 5 aliphatic carbocycles. The van der Waals surface area contributed by atoms with Gasteiger partial charge in [-0.2, -0.15) is 0 Å². The molecule has 9 atom stereocenters. The van der Waals surface area contributed by atoms with Gasteiger partial charge in [0.25, 0.3) is 0 Å². The Bertz CT molecular complexity index is 644. The molecule has 5 aliphatic rings. The van der Waals surface area contributed by atoms with Crippen LogP contribution < -0.4 is 0 Å². The summed E-state index contributed by atoms with van der Waals surface area (Å²) in [5.41, 5.74) is 2.38. The Labute approximate surface area is 182 Å². The Kier molecular flexibility index (Phi) is 4.69. The van der Waals surface area contributed by atoms with E-state index in [4.69, 9.17) is 0 Å². The van der Waals surface area contributed by atoms with Gasteiger partial charge in [0.15, 0.2) is 0 Å². The zero-order valence-corrected chi connectivity index (χ0v) is 20.8. The number of hydrogen-bond acceptors (Lipinski definition) is 0. The Balaban J connectivity index is 1.48. The molecule has 0 heteroatoms. The molecule has 0 spiro atoms. The highest BCUT2D eigenvalue weighted by Crippen LogP contribution is 2.75. The Morgan fingerprint density at radius 3 is 2.07 bits per heavy atom. The normalized spacial score (nSPS) is 56.3. The minimum atomic E-state index is 0.569. The molecule has 0 aromatic heterocycles. The van der Waals surface area contributed by atoms with Gasteiger partial charge < -0.3 is 0 Å². The minimum Gasteiger partial charge on any atom is -0.0625 e. The topological polar surface area (TPSA) is 0 Å². The lowest BCUT2D eigenvalue weighted by Gasteiger charge is -2.71. The van der Waals surface area contributed by atoms with Crippen LogP contribution >= 0.6 is 0 Å². The summed E-state index contributed by atoms with van der Waals surface area (Å²) in [4.78, 5) is 0. The summed E-state index contributed by atoms with van der Waals surface area (Å²) in [6, 6.07) is 0. The van der Waals surface area contributed by atoms with E-state index in [1.54, 1.807) is 32.1 Å². The summed E-state index contributed by atoms with van der Waals surface area (Å²) in [5, 5.41) is 0. The molecule has 0 heterocycles. The average molecular weight is 399 g/mol. The maximum absolute atomic E-state index is 2.81. The van der Waals surface area contributed by atoms with Crippen molar-refractivity contribution in [3.8, 4) is 0 Å². The van der Waals surface area contributed by atoms with Gasteiger partial charge >= 0.3 is 0 Å². The van der Waals surface area contributed by atoms with E-state index in [1.165, 1.54) is 38.5 Å². The van der Waals surface area contributed by atoms with Crippen molar-refractivity contribution < 1.29 is 0 Å². The predicted molar refractivity (Wildman–Crippen MR) is 125 cm³/mol. The van der Waals surface area contributed by atoms with E-state index in [-0.39, 0.29) is 0 Å². The number of hydrogen-bond donors (Lipinski definition) is 0. The lowest BCUT2D eigenvalue weighted by molar-refractivity contribution is -0.227. The molecule has 5 saturated carbocycles. The van der Waals surface area contributed by atoms with Crippen LogP contribution in [0.4, 0.5) is 0 Å². The lowest BCUT2D eigenvalue weighted by atomic mass is 9.33. The molecule has 5 fully saturated rings. The first-order valence-corrected chi connectivity index (χ1v) is 13.5. The second-order valence-corrected chi connectivity index (χ2v) is 14.4. The fourth-order valence-corrected chi connectivity index (χ4v) is 11.6. The fourth-order valence-electron chi connectivity index (χ4n) is 11.6. The summed E-state index contributed by atoms with van der Waals surface area (Å²) in [7, 11) is 0. The second kappa shape index (κ2) is 6.51. The first-order valence-electron chi connectivity index (χ1n) is 13.5. The third-order valence-electron chi connectivity index (χ3n) is 13.0. The maximum atomic E-state index is 2.81. The molecule has 0 aromatic carbocycles. The second-order valence-electron chi connectivity index (χ2n) is 14.4. The summed E-state index contributed by atoms with van der Waals surface area (Å²) < 4.78 is 0. The molecule has 0 N–H and O–H groups in total. The van der Waals surface area contributed by atoms with Gasteiger partial charge in [-0.1, -0.05) is 54.9 Å². The van der Waals surface area contributed by atoms with Crippen molar-refractivity contribution in [1.82, 2.24) is 0 Å². The van der Waals surface area contributed by atoms with Crippen LogP contribution in [0.5, 0.6) is 0 Å². The monoisotopic (exact) mass is 398 g/mol. The molecular formula is C29H50. The molecule has 166 valence electrons. The van der Waals surface area contributed by atoms with Crippen molar-refractivity contribution in [3.63, 3.8) is 0 Å². The van der Waals surface area contributed by atoms with Crippen molar-refractivity contribution in [1.29, 1.82) is 0 Å². The molecule has 0 radical (unpaired) electrons. The first-order chi connectivity index (χ1) is 13.5. The van der Waals surface area contributed by atoms with E-state index in [1.807, 2.05) is 0 Å². The predicted octanol–water partition coefficient (Wildman–Crippen LogP) is 8.74. The number of fused-ring (bicyclic) bond motifs is 7. The zero-order chi connectivity index (χ0) is 20.8. The van der Waals surface area contributed by atoms with Crippen LogP contribution in [0.25, 0.3) is 0 Å². The highest BCUT2D eigenvalue weighted by molar-refractivity contribution is 5.16. The van der Waals surface area contributed by atoms with E-state index in [2.05, 4.69) is 48.5 Å². The van der Waals surface area contributed by atoms with Crippen molar-refractivity contribution in [3.05, 3.63) is 0 Å². The van der Waals surface area contributed by atoms with Crippen LogP contribution in [-0.2, 0) is 0 Å². The highest BCUT2D eigenvalue weighted by Gasteiger charge is 2.67. The molecule has 0 aliphatic heterocycles. The Morgan fingerprint density at radius 1 is 0.621 bits per heavy atom. The lowest BCUT2D eigenvalue weighted by Crippen LogP contribution is -2.64. The fraction of sp³-hybridized carbons (Fsp3) is 1.00. The standard InChI is InChI=1S/C29H50/c1-19(2)20-9-10-22-21(20)13-17-28(6)23(22)11-12-25-27(5)16-8-15-26(3,4)24(27)14-18-29(25,28)7/h19-25H,8-18H2,1-7H3/t20?,21-,22?,23?,24?,25?,27-,28+,29+/m0/s1. The van der Waals surface area contributed by atoms with Gasteiger partial charge in [0, 0.05) is 0 Å². The van der Waals surface area contributed by atoms with Gasteiger partial charge in [0.05, 0.1) is 0 Å². The largest absolute Gasteiger partial charge is 0.0625 e. The van der Waals surface area contributed by atoms with E-state index in [0.29, 0.717) is 21.7 Å². The van der Waals surface area contributed by atoms with E-state index in [9.17, 15) is 0 Å². The van der Waals surface area contributed by atoms with E-state index < -0.39 is 0 Å².